The smallest absolute Gasteiger partial charge is 0.226 e. The van der Waals surface area contributed by atoms with Crippen molar-refractivity contribution in [3.8, 4) is 5.88 Å². The van der Waals surface area contributed by atoms with Crippen LogP contribution < -0.4 is 10.1 Å². The average Bonchev–Trinajstić information content (AvgIpc) is 2.81. The molecule has 2 rings (SSSR count). The molecule has 106 valence electrons. The lowest BCUT2D eigenvalue weighted by Gasteiger charge is -2.21. The highest BCUT2D eigenvalue weighted by atomic mass is 16.5. The van der Waals surface area contributed by atoms with E-state index in [1.165, 1.54) is 25.9 Å². The van der Waals surface area contributed by atoms with E-state index >= 15 is 0 Å². The van der Waals surface area contributed by atoms with Crippen LogP contribution in [0, 0.1) is 0 Å². The summed E-state index contributed by atoms with van der Waals surface area (Å²) in [7, 11) is 0. The van der Waals surface area contributed by atoms with E-state index in [-0.39, 0.29) is 6.10 Å². The van der Waals surface area contributed by atoms with Crippen molar-refractivity contribution < 1.29 is 4.74 Å². The summed E-state index contributed by atoms with van der Waals surface area (Å²) in [6.45, 7) is 9.61. The van der Waals surface area contributed by atoms with Crippen LogP contribution in [0.1, 0.15) is 33.6 Å². The Hall–Kier alpha value is -1.36. The Labute approximate surface area is 115 Å². The van der Waals surface area contributed by atoms with Gasteiger partial charge in [0, 0.05) is 24.8 Å². The fraction of sp³-hybridized carbons (Fsp3) is 0.714. The van der Waals surface area contributed by atoms with E-state index in [1.807, 2.05) is 13.8 Å². The maximum absolute atomic E-state index is 5.57. The molecule has 1 fully saturated rings. The summed E-state index contributed by atoms with van der Waals surface area (Å²) in [6, 6.07) is 2.13. The van der Waals surface area contributed by atoms with Crippen molar-refractivity contribution >= 4 is 5.95 Å². The molecule has 0 aliphatic carbocycles. The summed E-state index contributed by atoms with van der Waals surface area (Å²) in [6.07, 6.45) is 4.50. The minimum Gasteiger partial charge on any atom is -0.475 e. The number of likely N-dealkylation sites (tertiary alicyclic amines) is 1. The maximum Gasteiger partial charge on any atom is 0.226 e. The van der Waals surface area contributed by atoms with E-state index in [0.29, 0.717) is 17.9 Å². The largest absolute Gasteiger partial charge is 0.475 e. The standard InChI is InChI=1S/C14H24N4O/c1-11(2)19-13-6-7-15-14(17-13)16-12(3)10-18-8-4-5-9-18/h6-7,11-12H,4-5,8-10H2,1-3H3,(H,15,16,17). The van der Waals surface area contributed by atoms with Crippen LogP contribution in [0.4, 0.5) is 5.95 Å². The number of nitrogens with zero attached hydrogens (tertiary/aromatic N) is 3. The van der Waals surface area contributed by atoms with Gasteiger partial charge in [-0.15, -0.1) is 0 Å². The van der Waals surface area contributed by atoms with Crippen LogP contribution in [-0.4, -0.2) is 46.6 Å². The van der Waals surface area contributed by atoms with Crippen LogP contribution in [0.2, 0.25) is 0 Å². The van der Waals surface area contributed by atoms with Crippen molar-refractivity contribution in [2.45, 2.75) is 45.8 Å². The highest BCUT2D eigenvalue weighted by molar-refractivity contribution is 5.28. The van der Waals surface area contributed by atoms with Gasteiger partial charge in [0.15, 0.2) is 0 Å². The second-order valence-corrected chi connectivity index (χ2v) is 5.44. The number of rotatable bonds is 6. The van der Waals surface area contributed by atoms with E-state index in [4.69, 9.17) is 4.74 Å². The van der Waals surface area contributed by atoms with E-state index < -0.39 is 0 Å². The Balaban J connectivity index is 1.86. The molecule has 0 aromatic carbocycles. The molecule has 1 aromatic rings. The molecule has 0 bridgehead atoms. The second-order valence-electron chi connectivity index (χ2n) is 5.44. The van der Waals surface area contributed by atoms with Gasteiger partial charge in [-0.1, -0.05) is 0 Å². The van der Waals surface area contributed by atoms with Gasteiger partial charge in [-0.05, 0) is 46.7 Å². The summed E-state index contributed by atoms with van der Waals surface area (Å²) < 4.78 is 5.57. The third kappa shape index (κ3) is 4.67. The molecule has 5 nitrogen and oxygen atoms in total. The van der Waals surface area contributed by atoms with Gasteiger partial charge in [0.2, 0.25) is 11.8 Å². The molecule has 19 heavy (non-hydrogen) atoms. The van der Waals surface area contributed by atoms with Gasteiger partial charge < -0.3 is 15.0 Å². The molecule has 0 spiro atoms. The van der Waals surface area contributed by atoms with Crippen molar-refractivity contribution in [3.05, 3.63) is 12.3 Å². The molecule has 0 amide bonds. The lowest BCUT2D eigenvalue weighted by atomic mass is 10.3. The summed E-state index contributed by atoms with van der Waals surface area (Å²) in [5, 5.41) is 3.34. The highest BCUT2D eigenvalue weighted by Crippen LogP contribution is 2.12. The first kappa shape index (κ1) is 14.1. The number of hydrogen-bond acceptors (Lipinski definition) is 5. The van der Waals surface area contributed by atoms with Crippen molar-refractivity contribution in [2.24, 2.45) is 0 Å². The number of anilines is 1. The van der Waals surface area contributed by atoms with E-state index in [1.54, 1.807) is 12.3 Å². The molecule has 1 saturated heterocycles. The SMILES string of the molecule is CC(CN1CCCC1)Nc1nccc(OC(C)C)n1. The zero-order chi connectivity index (χ0) is 13.7. The third-order valence-corrected chi connectivity index (χ3v) is 3.09. The number of aromatic nitrogens is 2. The van der Waals surface area contributed by atoms with Gasteiger partial charge in [0.05, 0.1) is 6.10 Å². The lowest BCUT2D eigenvalue weighted by molar-refractivity contribution is 0.232. The molecule has 5 heteroatoms. The van der Waals surface area contributed by atoms with Crippen molar-refractivity contribution in [2.75, 3.05) is 25.0 Å². The molecule has 0 radical (unpaired) electrons. The minimum absolute atomic E-state index is 0.129. The molecule has 1 atom stereocenters. The summed E-state index contributed by atoms with van der Waals surface area (Å²) >= 11 is 0. The first-order chi connectivity index (χ1) is 9.13. The quantitative estimate of drug-likeness (QED) is 0.853. The number of hydrogen-bond donors (Lipinski definition) is 1. The lowest BCUT2D eigenvalue weighted by Crippen LogP contribution is -2.33. The van der Waals surface area contributed by atoms with Gasteiger partial charge in [-0.2, -0.15) is 4.98 Å². The fourth-order valence-corrected chi connectivity index (χ4v) is 2.34. The van der Waals surface area contributed by atoms with Gasteiger partial charge in [0.25, 0.3) is 0 Å². The normalized spacial score (nSPS) is 17.7. The molecule has 1 N–H and O–H groups in total. The molecule has 2 heterocycles. The molecule has 1 unspecified atom stereocenters. The van der Waals surface area contributed by atoms with Gasteiger partial charge in [0.1, 0.15) is 0 Å². The van der Waals surface area contributed by atoms with Crippen LogP contribution in [-0.2, 0) is 0 Å². The molecule has 1 aliphatic rings. The van der Waals surface area contributed by atoms with Crippen LogP contribution in [0.25, 0.3) is 0 Å². The fourth-order valence-electron chi connectivity index (χ4n) is 2.34. The van der Waals surface area contributed by atoms with Crippen LogP contribution in [0.15, 0.2) is 12.3 Å². The first-order valence-corrected chi connectivity index (χ1v) is 7.12. The Bertz CT molecular complexity index is 391. The Kier molecular flexibility index (Phi) is 4.96. The van der Waals surface area contributed by atoms with Gasteiger partial charge >= 0.3 is 0 Å². The summed E-state index contributed by atoms with van der Waals surface area (Å²) in [5.41, 5.74) is 0. The monoisotopic (exact) mass is 264 g/mol. The van der Waals surface area contributed by atoms with E-state index in [9.17, 15) is 0 Å². The van der Waals surface area contributed by atoms with Crippen LogP contribution >= 0.6 is 0 Å². The van der Waals surface area contributed by atoms with Crippen LogP contribution in [0.3, 0.4) is 0 Å². The molecular weight excluding hydrogens is 240 g/mol. The van der Waals surface area contributed by atoms with E-state index in [0.717, 1.165) is 6.54 Å². The topological polar surface area (TPSA) is 50.3 Å². The number of ether oxygens (including phenoxy) is 1. The van der Waals surface area contributed by atoms with Crippen molar-refractivity contribution in [1.82, 2.24) is 14.9 Å². The van der Waals surface area contributed by atoms with Gasteiger partial charge in [-0.3, -0.25) is 0 Å². The maximum atomic E-state index is 5.57. The summed E-state index contributed by atoms with van der Waals surface area (Å²) in [4.78, 5) is 11.1. The zero-order valence-electron chi connectivity index (χ0n) is 12.1. The predicted octanol–water partition coefficient (Wildman–Crippen LogP) is 2.16. The molecular formula is C14H24N4O. The predicted molar refractivity (Wildman–Crippen MR) is 76.6 cm³/mol. The zero-order valence-corrected chi connectivity index (χ0v) is 12.1. The highest BCUT2D eigenvalue weighted by Gasteiger charge is 2.15. The second kappa shape index (κ2) is 6.70. The molecule has 1 aliphatic heterocycles. The van der Waals surface area contributed by atoms with Crippen molar-refractivity contribution in [3.63, 3.8) is 0 Å². The Morgan fingerprint density at radius 1 is 1.32 bits per heavy atom. The van der Waals surface area contributed by atoms with E-state index in [2.05, 4.69) is 27.1 Å². The number of nitrogens with one attached hydrogen (secondary N) is 1. The van der Waals surface area contributed by atoms with Crippen molar-refractivity contribution in [1.29, 1.82) is 0 Å². The third-order valence-electron chi connectivity index (χ3n) is 3.09. The Morgan fingerprint density at radius 2 is 2.05 bits per heavy atom. The minimum atomic E-state index is 0.129. The summed E-state index contributed by atoms with van der Waals surface area (Å²) in [5.74, 6) is 1.27. The van der Waals surface area contributed by atoms with Crippen LogP contribution in [0.5, 0.6) is 5.88 Å². The first-order valence-electron chi connectivity index (χ1n) is 7.12. The molecule has 0 saturated carbocycles. The average molecular weight is 264 g/mol. The van der Waals surface area contributed by atoms with Gasteiger partial charge in [-0.25, -0.2) is 4.98 Å². The Morgan fingerprint density at radius 3 is 2.74 bits per heavy atom. The molecule has 1 aromatic heterocycles.